The molecule has 0 heterocycles. The Bertz CT molecular complexity index is 407. The number of hydrogen-bond donors (Lipinski definition) is 2. The number of ether oxygens (including phenoxy) is 1. The fraction of sp³-hybridized carbons (Fsp3) is 0.500. The molecule has 0 bridgehead atoms. The number of halogens is 2. The fourth-order valence-electron chi connectivity index (χ4n) is 1.68. The van der Waals surface area contributed by atoms with Gasteiger partial charge in [0, 0.05) is 13.7 Å². The van der Waals surface area contributed by atoms with Crippen molar-refractivity contribution in [1.29, 1.82) is 0 Å². The Morgan fingerprint density at radius 1 is 1.20 bits per heavy atom. The molecule has 1 aromatic rings. The van der Waals surface area contributed by atoms with E-state index in [1.165, 1.54) is 6.07 Å². The third-order valence-corrected chi connectivity index (χ3v) is 2.71. The van der Waals surface area contributed by atoms with E-state index in [0.29, 0.717) is 6.54 Å². The summed E-state index contributed by atoms with van der Waals surface area (Å²) in [7, 11) is 1.66. The van der Waals surface area contributed by atoms with E-state index in [9.17, 15) is 13.6 Å². The van der Waals surface area contributed by atoms with Gasteiger partial charge in [-0.1, -0.05) is 6.07 Å². The van der Waals surface area contributed by atoms with Gasteiger partial charge in [0.2, 0.25) is 5.91 Å². The molecule has 2 N–H and O–H groups in total. The van der Waals surface area contributed by atoms with Crippen molar-refractivity contribution in [1.82, 2.24) is 5.32 Å². The van der Waals surface area contributed by atoms with Crippen molar-refractivity contribution in [2.45, 2.75) is 19.3 Å². The van der Waals surface area contributed by atoms with Crippen molar-refractivity contribution in [3.8, 4) is 0 Å². The molecule has 0 aliphatic carbocycles. The third-order valence-electron chi connectivity index (χ3n) is 2.71. The molecule has 0 atom stereocenters. The molecular weight excluding hydrogens is 266 g/mol. The molecule has 1 aromatic carbocycles. The van der Waals surface area contributed by atoms with Gasteiger partial charge in [-0.25, -0.2) is 8.78 Å². The molecule has 0 unspecified atom stereocenters. The van der Waals surface area contributed by atoms with Gasteiger partial charge < -0.3 is 15.4 Å². The van der Waals surface area contributed by atoms with Gasteiger partial charge in [0.1, 0.15) is 17.3 Å². The molecule has 0 aliphatic rings. The maximum Gasteiger partial charge on any atom is 0.238 e. The van der Waals surface area contributed by atoms with E-state index in [1.54, 1.807) is 7.11 Å². The van der Waals surface area contributed by atoms with E-state index < -0.39 is 23.2 Å². The normalized spacial score (nSPS) is 10.6. The van der Waals surface area contributed by atoms with E-state index in [1.807, 2.05) is 0 Å². The van der Waals surface area contributed by atoms with Gasteiger partial charge in [-0.05, 0) is 37.9 Å². The number of methoxy groups -OCH3 is 1. The summed E-state index contributed by atoms with van der Waals surface area (Å²) in [6.45, 7) is 1.43. The minimum Gasteiger partial charge on any atom is -0.385 e. The van der Waals surface area contributed by atoms with Crippen molar-refractivity contribution >= 4 is 11.6 Å². The molecule has 1 rings (SSSR count). The molecule has 0 radical (unpaired) electrons. The monoisotopic (exact) mass is 286 g/mol. The number of carbonyl (C=O) groups is 1. The van der Waals surface area contributed by atoms with Crippen LogP contribution in [0.1, 0.15) is 19.3 Å². The Morgan fingerprint density at radius 2 is 1.90 bits per heavy atom. The van der Waals surface area contributed by atoms with Gasteiger partial charge in [-0.2, -0.15) is 0 Å². The van der Waals surface area contributed by atoms with Crippen LogP contribution in [0, 0.1) is 11.6 Å². The lowest BCUT2D eigenvalue weighted by Crippen LogP contribution is -2.29. The maximum atomic E-state index is 13.3. The average Bonchev–Trinajstić information content (AvgIpc) is 2.42. The Balaban J connectivity index is 2.21. The van der Waals surface area contributed by atoms with Crippen LogP contribution in [0.5, 0.6) is 0 Å². The summed E-state index contributed by atoms with van der Waals surface area (Å²) in [6, 6.07) is 3.45. The molecule has 0 aromatic heterocycles. The minimum atomic E-state index is -0.780. The number of hydrogen-bond acceptors (Lipinski definition) is 3. The summed E-state index contributed by atoms with van der Waals surface area (Å²) >= 11 is 0. The second-order valence-electron chi connectivity index (χ2n) is 4.38. The van der Waals surface area contributed by atoms with Crippen molar-refractivity contribution in [3.63, 3.8) is 0 Å². The molecular formula is C14H20F2N2O2. The van der Waals surface area contributed by atoms with Crippen LogP contribution in [0.25, 0.3) is 0 Å². The topological polar surface area (TPSA) is 50.4 Å². The van der Waals surface area contributed by atoms with Crippen LogP contribution < -0.4 is 10.6 Å². The number of nitrogens with one attached hydrogen (secondary N) is 2. The highest BCUT2D eigenvalue weighted by Gasteiger charge is 2.11. The number of benzene rings is 1. The summed E-state index contributed by atoms with van der Waals surface area (Å²) in [4.78, 5) is 11.5. The predicted molar refractivity (Wildman–Crippen MR) is 73.6 cm³/mol. The maximum absolute atomic E-state index is 13.3. The Morgan fingerprint density at radius 3 is 2.55 bits per heavy atom. The van der Waals surface area contributed by atoms with Crippen LogP contribution in [0.3, 0.4) is 0 Å². The van der Waals surface area contributed by atoms with E-state index in [-0.39, 0.29) is 6.54 Å². The number of carbonyl (C=O) groups excluding carboxylic acids is 1. The first-order valence-corrected chi connectivity index (χ1v) is 6.58. The highest BCUT2D eigenvalue weighted by atomic mass is 19.1. The lowest BCUT2D eigenvalue weighted by atomic mass is 10.2. The zero-order chi connectivity index (χ0) is 14.8. The van der Waals surface area contributed by atoms with Crippen LogP contribution in [0.15, 0.2) is 18.2 Å². The standard InChI is InChI=1S/C14H20F2N2O2/c1-20-9-4-2-3-8-17-10-13(19)18-14-11(15)6-5-7-12(14)16/h5-7,17H,2-4,8-10H2,1H3,(H,18,19). The van der Waals surface area contributed by atoms with E-state index in [2.05, 4.69) is 10.6 Å². The number of anilines is 1. The Hall–Kier alpha value is -1.53. The first kappa shape index (κ1) is 16.5. The second-order valence-corrected chi connectivity index (χ2v) is 4.38. The average molecular weight is 286 g/mol. The lowest BCUT2D eigenvalue weighted by molar-refractivity contribution is -0.115. The van der Waals surface area contributed by atoms with Crippen LogP contribution in [-0.2, 0) is 9.53 Å². The summed E-state index contributed by atoms with van der Waals surface area (Å²) in [5, 5.41) is 5.14. The van der Waals surface area contributed by atoms with Gasteiger partial charge >= 0.3 is 0 Å². The molecule has 0 aliphatic heterocycles. The minimum absolute atomic E-state index is 0.0258. The number of rotatable bonds is 9. The largest absolute Gasteiger partial charge is 0.385 e. The molecule has 0 saturated heterocycles. The Labute approximate surface area is 117 Å². The van der Waals surface area contributed by atoms with Crippen LogP contribution in [-0.4, -0.2) is 32.7 Å². The molecule has 20 heavy (non-hydrogen) atoms. The van der Waals surface area contributed by atoms with Gasteiger partial charge in [-0.3, -0.25) is 4.79 Å². The molecule has 0 fully saturated rings. The van der Waals surface area contributed by atoms with E-state index in [4.69, 9.17) is 4.74 Å². The van der Waals surface area contributed by atoms with Gasteiger partial charge in [-0.15, -0.1) is 0 Å². The third kappa shape index (κ3) is 6.08. The lowest BCUT2D eigenvalue weighted by Gasteiger charge is -2.08. The van der Waals surface area contributed by atoms with Crippen LogP contribution in [0.4, 0.5) is 14.5 Å². The first-order chi connectivity index (χ1) is 9.65. The van der Waals surface area contributed by atoms with Crippen LogP contribution >= 0.6 is 0 Å². The predicted octanol–water partition coefficient (Wildman–Crippen LogP) is 2.31. The van der Waals surface area contributed by atoms with Gasteiger partial charge in [0.25, 0.3) is 0 Å². The van der Waals surface area contributed by atoms with Crippen molar-refractivity contribution in [2.75, 3.05) is 32.1 Å². The molecule has 6 heteroatoms. The smallest absolute Gasteiger partial charge is 0.238 e. The highest BCUT2D eigenvalue weighted by molar-refractivity contribution is 5.92. The summed E-state index contributed by atoms with van der Waals surface area (Å²) < 4.78 is 31.5. The summed E-state index contributed by atoms with van der Waals surface area (Å²) in [6.07, 6.45) is 2.90. The van der Waals surface area contributed by atoms with Gasteiger partial charge in [0.15, 0.2) is 0 Å². The molecule has 4 nitrogen and oxygen atoms in total. The number of para-hydroxylation sites is 1. The van der Waals surface area contributed by atoms with Crippen molar-refractivity contribution in [2.24, 2.45) is 0 Å². The van der Waals surface area contributed by atoms with Crippen LogP contribution in [0.2, 0.25) is 0 Å². The van der Waals surface area contributed by atoms with Crippen molar-refractivity contribution < 1.29 is 18.3 Å². The highest BCUT2D eigenvalue weighted by Crippen LogP contribution is 2.17. The summed E-state index contributed by atoms with van der Waals surface area (Å²) in [5.41, 5.74) is -0.403. The van der Waals surface area contributed by atoms with Gasteiger partial charge in [0.05, 0.1) is 6.54 Å². The summed E-state index contributed by atoms with van der Waals surface area (Å²) in [5.74, 6) is -2.03. The molecule has 1 amide bonds. The van der Waals surface area contributed by atoms with E-state index >= 15 is 0 Å². The zero-order valence-corrected chi connectivity index (χ0v) is 11.5. The SMILES string of the molecule is COCCCCCNCC(=O)Nc1c(F)cccc1F. The quantitative estimate of drug-likeness (QED) is 0.685. The fourth-order valence-corrected chi connectivity index (χ4v) is 1.68. The molecule has 0 spiro atoms. The Kier molecular flexibility index (Phi) is 7.75. The zero-order valence-electron chi connectivity index (χ0n) is 11.5. The molecule has 112 valence electrons. The molecule has 0 saturated carbocycles. The van der Waals surface area contributed by atoms with E-state index in [0.717, 1.165) is 38.0 Å². The first-order valence-electron chi connectivity index (χ1n) is 6.58. The van der Waals surface area contributed by atoms with Crippen molar-refractivity contribution in [3.05, 3.63) is 29.8 Å². The number of unbranched alkanes of at least 4 members (excludes halogenated alkanes) is 2. The number of amides is 1. The second kappa shape index (κ2) is 9.39.